The summed E-state index contributed by atoms with van der Waals surface area (Å²) in [5, 5.41) is 2.93. The number of carbonyl (C=O) groups is 3. The van der Waals surface area contributed by atoms with Gasteiger partial charge >= 0.3 is 0 Å². The van der Waals surface area contributed by atoms with Crippen molar-refractivity contribution in [2.75, 3.05) is 34.8 Å². The number of rotatable bonds is 5. The lowest BCUT2D eigenvalue weighted by Crippen LogP contribution is -2.38. The highest BCUT2D eigenvalue weighted by Crippen LogP contribution is 2.29. The summed E-state index contributed by atoms with van der Waals surface area (Å²) in [6.45, 7) is 1.94. The summed E-state index contributed by atoms with van der Waals surface area (Å²) in [5.74, 6) is -0.852. The number of hydrogen-bond donors (Lipinski definition) is 2. The first-order valence-corrected chi connectivity index (χ1v) is 11.2. The van der Waals surface area contributed by atoms with Crippen LogP contribution in [0.25, 0.3) is 0 Å². The summed E-state index contributed by atoms with van der Waals surface area (Å²) < 4.78 is 0.893. The normalized spacial score (nSPS) is 19.5. The van der Waals surface area contributed by atoms with Crippen LogP contribution in [0, 0.1) is 11.8 Å². The Labute approximate surface area is 189 Å². The van der Waals surface area contributed by atoms with Gasteiger partial charge in [0.15, 0.2) is 0 Å². The number of nitrogens with one attached hydrogen (secondary N) is 1. The first-order valence-electron chi connectivity index (χ1n) is 10.4. The highest BCUT2D eigenvalue weighted by Gasteiger charge is 2.35. The van der Waals surface area contributed by atoms with Crippen molar-refractivity contribution in [2.24, 2.45) is 17.6 Å². The number of piperidine rings is 1. The maximum atomic E-state index is 12.7. The van der Waals surface area contributed by atoms with E-state index in [9.17, 15) is 14.4 Å². The third-order valence-electron chi connectivity index (χ3n) is 6.01. The van der Waals surface area contributed by atoms with E-state index in [4.69, 9.17) is 5.73 Å². The van der Waals surface area contributed by atoms with Crippen molar-refractivity contribution in [2.45, 2.75) is 19.3 Å². The third-order valence-corrected chi connectivity index (χ3v) is 6.51. The molecule has 0 unspecified atom stereocenters. The third kappa shape index (κ3) is 4.90. The van der Waals surface area contributed by atoms with Gasteiger partial charge in [-0.1, -0.05) is 22.0 Å². The van der Waals surface area contributed by atoms with Gasteiger partial charge in [-0.3, -0.25) is 14.4 Å². The van der Waals surface area contributed by atoms with Crippen LogP contribution in [-0.4, -0.2) is 37.4 Å². The minimum Gasteiger partial charge on any atom is -0.371 e. The molecule has 2 aromatic carbocycles. The summed E-state index contributed by atoms with van der Waals surface area (Å²) in [6.07, 6.45) is 1.72. The number of anilines is 3. The van der Waals surface area contributed by atoms with Crippen LogP contribution in [-0.2, 0) is 14.4 Å². The lowest BCUT2D eigenvalue weighted by molar-refractivity contribution is -0.122. The van der Waals surface area contributed by atoms with Crippen molar-refractivity contribution in [3.05, 3.63) is 53.0 Å². The van der Waals surface area contributed by atoms with Gasteiger partial charge in [0.05, 0.1) is 5.92 Å². The first-order chi connectivity index (χ1) is 14.9. The predicted octanol–water partition coefficient (Wildman–Crippen LogP) is 3.14. The molecular formula is C23H25BrN4O3. The quantitative estimate of drug-likeness (QED) is 0.681. The van der Waals surface area contributed by atoms with Crippen molar-refractivity contribution in [1.29, 1.82) is 0 Å². The number of nitrogens with two attached hydrogens (primary N) is 1. The molecule has 2 aliphatic heterocycles. The lowest BCUT2D eigenvalue weighted by Gasteiger charge is -2.32. The second kappa shape index (κ2) is 9.09. The van der Waals surface area contributed by atoms with E-state index in [1.54, 1.807) is 4.90 Å². The molecular weight excluding hydrogens is 460 g/mol. The van der Waals surface area contributed by atoms with Crippen molar-refractivity contribution < 1.29 is 14.4 Å². The molecule has 2 heterocycles. The summed E-state index contributed by atoms with van der Waals surface area (Å²) in [4.78, 5) is 40.4. The van der Waals surface area contributed by atoms with Crippen molar-refractivity contribution >= 4 is 50.7 Å². The van der Waals surface area contributed by atoms with Gasteiger partial charge in [0, 0.05) is 53.5 Å². The Bertz CT molecular complexity index is 987. The molecule has 2 aromatic rings. The molecule has 0 bridgehead atoms. The molecule has 0 aliphatic carbocycles. The number of amides is 3. The molecule has 3 N–H and O–H groups in total. The molecule has 3 amide bonds. The van der Waals surface area contributed by atoms with Crippen molar-refractivity contribution in [3.8, 4) is 0 Å². The van der Waals surface area contributed by atoms with Gasteiger partial charge in [-0.25, -0.2) is 0 Å². The Kier molecular flexibility index (Phi) is 6.27. The molecule has 4 rings (SSSR count). The van der Waals surface area contributed by atoms with E-state index in [1.165, 1.54) is 0 Å². The van der Waals surface area contributed by atoms with Crippen LogP contribution in [0.4, 0.5) is 17.1 Å². The minimum atomic E-state index is -0.390. The zero-order valence-corrected chi connectivity index (χ0v) is 18.7. The summed E-state index contributed by atoms with van der Waals surface area (Å²) in [5.41, 5.74) is 7.95. The average molecular weight is 485 g/mol. The van der Waals surface area contributed by atoms with E-state index in [1.807, 2.05) is 48.5 Å². The van der Waals surface area contributed by atoms with Crippen LogP contribution in [0.2, 0.25) is 0 Å². The molecule has 2 aliphatic rings. The van der Waals surface area contributed by atoms with E-state index in [0.717, 1.165) is 41.8 Å². The highest BCUT2D eigenvalue weighted by molar-refractivity contribution is 9.10. The van der Waals surface area contributed by atoms with Crippen LogP contribution >= 0.6 is 15.9 Å². The van der Waals surface area contributed by atoms with Gasteiger partial charge in [-0.2, -0.15) is 0 Å². The van der Waals surface area contributed by atoms with Crippen LogP contribution in [0.15, 0.2) is 53.0 Å². The van der Waals surface area contributed by atoms with Gasteiger partial charge in [0.1, 0.15) is 0 Å². The van der Waals surface area contributed by atoms with Gasteiger partial charge in [0.25, 0.3) is 0 Å². The zero-order chi connectivity index (χ0) is 22.0. The fourth-order valence-corrected chi connectivity index (χ4v) is 4.59. The molecule has 2 saturated heterocycles. The maximum Gasteiger partial charge on any atom is 0.229 e. The fourth-order valence-electron chi connectivity index (χ4n) is 4.20. The first kappa shape index (κ1) is 21.4. The largest absolute Gasteiger partial charge is 0.371 e. The number of carbonyl (C=O) groups excluding carboxylic acids is 3. The van der Waals surface area contributed by atoms with Crippen molar-refractivity contribution in [1.82, 2.24) is 0 Å². The highest BCUT2D eigenvalue weighted by atomic mass is 79.9. The predicted molar refractivity (Wildman–Crippen MR) is 124 cm³/mol. The van der Waals surface area contributed by atoms with E-state index in [-0.39, 0.29) is 36.0 Å². The van der Waals surface area contributed by atoms with Crippen molar-refractivity contribution in [3.63, 3.8) is 0 Å². The summed E-state index contributed by atoms with van der Waals surface area (Å²) in [7, 11) is 0. The summed E-state index contributed by atoms with van der Waals surface area (Å²) >= 11 is 3.42. The number of hydrogen-bond acceptors (Lipinski definition) is 4. The molecule has 0 spiro atoms. The molecule has 8 heteroatoms. The van der Waals surface area contributed by atoms with Crippen LogP contribution < -0.4 is 20.9 Å². The zero-order valence-electron chi connectivity index (χ0n) is 17.1. The molecule has 7 nitrogen and oxygen atoms in total. The number of benzene rings is 2. The Morgan fingerprint density at radius 2 is 1.71 bits per heavy atom. The SMILES string of the molecule is NC(=O)C1CCN(c2ccc(NC(=O)[C@H]3CC(=O)N(c4cccc(Br)c4)C3)cc2)CC1. The Balaban J connectivity index is 1.34. The van der Waals surface area contributed by atoms with Crippen LogP contribution in [0.3, 0.4) is 0 Å². The van der Waals surface area contributed by atoms with Gasteiger partial charge < -0.3 is 20.9 Å². The molecule has 2 fully saturated rings. The van der Waals surface area contributed by atoms with Crippen LogP contribution in [0.5, 0.6) is 0 Å². The molecule has 162 valence electrons. The Hall–Kier alpha value is -2.87. The second-order valence-electron chi connectivity index (χ2n) is 8.09. The second-order valence-corrected chi connectivity index (χ2v) is 9.00. The number of primary amides is 1. The maximum absolute atomic E-state index is 12.7. The van der Waals surface area contributed by atoms with Crippen LogP contribution in [0.1, 0.15) is 19.3 Å². The number of halogens is 1. The standard InChI is InChI=1S/C23H25BrN4O3/c24-17-2-1-3-20(13-17)28-14-16(12-21(28)29)23(31)26-18-4-6-19(7-5-18)27-10-8-15(9-11-27)22(25)30/h1-7,13,15-16H,8-12,14H2,(H2,25,30)(H,26,31)/t16-/m0/s1. The fraction of sp³-hybridized carbons (Fsp3) is 0.348. The summed E-state index contributed by atoms with van der Waals surface area (Å²) in [6, 6.07) is 15.2. The molecule has 0 radical (unpaired) electrons. The van der Waals surface area contributed by atoms with Gasteiger partial charge in [-0.05, 0) is 55.3 Å². The molecule has 1 atom stereocenters. The number of nitrogens with zero attached hydrogens (tertiary/aromatic N) is 2. The average Bonchev–Trinajstić information content (AvgIpc) is 3.16. The van der Waals surface area contributed by atoms with E-state index < -0.39 is 0 Å². The molecule has 31 heavy (non-hydrogen) atoms. The lowest BCUT2D eigenvalue weighted by atomic mass is 9.96. The Morgan fingerprint density at radius 3 is 2.35 bits per heavy atom. The van der Waals surface area contributed by atoms with E-state index >= 15 is 0 Å². The minimum absolute atomic E-state index is 0.0412. The van der Waals surface area contributed by atoms with E-state index in [0.29, 0.717) is 12.2 Å². The monoisotopic (exact) mass is 484 g/mol. The topological polar surface area (TPSA) is 95.7 Å². The molecule has 0 saturated carbocycles. The van der Waals surface area contributed by atoms with Gasteiger partial charge in [0.2, 0.25) is 17.7 Å². The van der Waals surface area contributed by atoms with Gasteiger partial charge in [-0.15, -0.1) is 0 Å². The Morgan fingerprint density at radius 1 is 1.00 bits per heavy atom. The molecule has 0 aromatic heterocycles. The smallest absolute Gasteiger partial charge is 0.229 e. The van der Waals surface area contributed by atoms with E-state index in [2.05, 4.69) is 26.1 Å².